The molecule has 0 aliphatic carbocycles. The maximum absolute atomic E-state index is 10.3. The molecule has 0 aliphatic heterocycles. The van der Waals surface area contributed by atoms with Crippen LogP contribution in [0.5, 0.6) is 5.75 Å². The molecule has 0 atom stereocenters. The fourth-order valence-corrected chi connectivity index (χ4v) is 1.24. The van der Waals surface area contributed by atoms with Gasteiger partial charge < -0.3 is 5.11 Å². The maximum atomic E-state index is 10.3. The van der Waals surface area contributed by atoms with E-state index in [1.807, 2.05) is 0 Å². The summed E-state index contributed by atoms with van der Waals surface area (Å²) in [7, 11) is 0. The van der Waals surface area contributed by atoms with E-state index in [4.69, 9.17) is 16.7 Å². The number of halogens is 2. The maximum Gasteiger partial charge on any atom is 0.151 e. The van der Waals surface area contributed by atoms with E-state index in [9.17, 15) is 4.79 Å². The largest absolute Gasteiger partial charge is 0.506 e. The molecule has 11 heavy (non-hydrogen) atoms. The number of aldehydes is 1. The summed E-state index contributed by atoms with van der Waals surface area (Å²) in [5.74, 6) is -0.0378. The Morgan fingerprint density at radius 3 is 2.73 bits per heavy atom. The topological polar surface area (TPSA) is 37.3 Å². The van der Waals surface area contributed by atoms with Crippen molar-refractivity contribution in [1.29, 1.82) is 0 Å². The number of phenols is 1. The molecule has 1 aromatic carbocycles. The minimum atomic E-state index is -0.0378. The Balaban J connectivity index is 3.31. The van der Waals surface area contributed by atoms with Crippen LogP contribution in [0.3, 0.4) is 0 Å². The van der Waals surface area contributed by atoms with Crippen LogP contribution in [0.1, 0.15) is 10.4 Å². The van der Waals surface area contributed by atoms with Crippen LogP contribution < -0.4 is 0 Å². The molecule has 0 saturated carbocycles. The monoisotopic (exact) mass is 234 g/mol. The van der Waals surface area contributed by atoms with Crippen LogP contribution in [-0.4, -0.2) is 11.4 Å². The standard InChI is InChI=1S/C7H4BrClO2/c8-5-2-7(11)6(9)1-4(5)3-10/h1-3,11H. The number of carbonyl (C=O) groups excluding carboxylic acids is 1. The zero-order chi connectivity index (χ0) is 8.43. The number of phenolic OH excluding ortho intramolecular Hbond substituents is 1. The molecule has 1 rings (SSSR count). The highest BCUT2D eigenvalue weighted by Crippen LogP contribution is 2.29. The molecule has 4 heteroatoms. The third-order valence-corrected chi connectivity index (χ3v) is 2.18. The minimum absolute atomic E-state index is 0.0378. The fraction of sp³-hybridized carbons (Fsp3) is 0. The number of hydrogen-bond acceptors (Lipinski definition) is 2. The molecular weight excluding hydrogens is 231 g/mol. The Hall–Kier alpha value is -0.540. The fourth-order valence-electron chi connectivity index (χ4n) is 0.642. The first-order valence-corrected chi connectivity index (χ1v) is 3.95. The smallest absolute Gasteiger partial charge is 0.151 e. The van der Waals surface area contributed by atoms with Gasteiger partial charge in [-0.15, -0.1) is 0 Å². The summed E-state index contributed by atoms with van der Waals surface area (Å²) in [5.41, 5.74) is 0.424. The zero-order valence-corrected chi connectivity index (χ0v) is 7.69. The van der Waals surface area contributed by atoms with Crippen LogP contribution in [-0.2, 0) is 0 Å². The van der Waals surface area contributed by atoms with Crippen LogP contribution in [0, 0.1) is 0 Å². The van der Waals surface area contributed by atoms with Crippen molar-refractivity contribution in [2.45, 2.75) is 0 Å². The molecule has 2 nitrogen and oxygen atoms in total. The van der Waals surface area contributed by atoms with Gasteiger partial charge >= 0.3 is 0 Å². The molecule has 0 aromatic heterocycles. The number of aromatic hydroxyl groups is 1. The summed E-state index contributed by atoms with van der Waals surface area (Å²) >= 11 is 8.63. The van der Waals surface area contributed by atoms with E-state index in [1.165, 1.54) is 12.1 Å². The number of benzene rings is 1. The predicted octanol–water partition coefficient (Wildman–Crippen LogP) is 2.62. The van der Waals surface area contributed by atoms with Crippen LogP contribution in [0.15, 0.2) is 16.6 Å². The SMILES string of the molecule is O=Cc1cc(Cl)c(O)cc1Br. The highest BCUT2D eigenvalue weighted by atomic mass is 79.9. The van der Waals surface area contributed by atoms with Crippen molar-refractivity contribution in [1.82, 2.24) is 0 Å². The van der Waals surface area contributed by atoms with Crippen molar-refractivity contribution >= 4 is 33.8 Å². The Morgan fingerprint density at radius 2 is 2.18 bits per heavy atom. The van der Waals surface area contributed by atoms with Gasteiger partial charge in [-0.25, -0.2) is 0 Å². The molecule has 1 aromatic rings. The molecule has 0 unspecified atom stereocenters. The summed E-state index contributed by atoms with van der Waals surface area (Å²) in [6.45, 7) is 0. The lowest BCUT2D eigenvalue weighted by molar-refractivity contribution is 0.112. The molecular formula is C7H4BrClO2. The molecule has 58 valence electrons. The van der Waals surface area contributed by atoms with Crippen LogP contribution in [0.25, 0.3) is 0 Å². The normalized spacial score (nSPS) is 9.64. The van der Waals surface area contributed by atoms with E-state index < -0.39 is 0 Å². The average Bonchev–Trinajstić information content (AvgIpc) is 1.97. The van der Waals surface area contributed by atoms with E-state index in [1.54, 1.807) is 0 Å². The minimum Gasteiger partial charge on any atom is -0.506 e. The quantitative estimate of drug-likeness (QED) is 0.760. The van der Waals surface area contributed by atoms with E-state index in [0.717, 1.165) is 0 Å². The van der Waals surface area contributed by atoms with Gasteiger partial charge in [0.1, 0.15) is 5.75 Å². The van der Waals surface area contributed by atoms with Crippen molar-refractivity contribution in [3.63, 3.8) is 0 Å². The molecule has 0 aliphatic rings. The second-order valence-electron chi connectivity index (χ2n) is 1.94. The van der Waals surface area contributed by atoms with Crippen LogP contribution >= 0.6 is 27.5 Å². The first-order valence-electron chi connectivity index (χ1n) is 2.78. The molecule has 0 bridgehead atoms. The summed E-state index contributed by atoms with van der Waals surface area (Å²) in [6.07, 6.45) is 0.662. The summed E-state index contributed by atoms with van der Waals surface area (Å²) in [6, 6.07) is 2.78. The number of hydrogen-bond donors (Lipinski definition) is 1. The molecule has 0 spiro atoms. The van der Waals surface area contributed by atoms with Gasteiger partial charge in [-0.3, -0.25) is 4.79 Å². The Kier molecular flexibility index (Phi) is 2.52. The predicted molar refractivity (Wildman–Crippen MR) is 46.2 cm³/mol. The number of carbonyl (C=O) groups is 1. The van der Waals surface area contributed by atoms with Gasteiger partial charge in [0.15, 0.2) is 6.29 Å². The lowest BCUT2D eigenvalue weighted by Gasteiger charge is -1.99. The van der Waals surface area contributed by atoms with E-state index >= 15 is 0 Å². The van der Waals surface area contributed by atoms with Gasteiger partial charge in [0.05, 0.1) is 5.02 Å². The highest BCUT2D eigenvalue weighted by Gasteiger charge is 2.03. The van der Waals surface area contributed by atoms with Gasteiger partial charge in [-0.05, 0) is 28.1 Å². The summed E-state index contributed by atoms with van der Waals surface area (Å²) < 4.78 is 0.536. The second kappa shape index (κ2) is 3.24. The van der Waals surface area contributed by atoms with Crippen LogP contribution in [0.2, 0.25) is 5.02 Å². The molecule has 0 fully saturated rings. The van der Waals surface area contributed by atoms with E-state index in [2.05, 4.69) is 15.9 Å². The van der Waals surface area contributed by atoms with Crippen molar-refractivity contribution in [3.05, 3.63) is 27.2 Å². The Labute approximate surface area is 76.9 Å². The second-order valence-corrected chi connectivity index (χ2v) is 3.20. The molecule has 0 amide bonds. The number of rotatable bonds is 1. The van der Waals surface area contributed by atoms with Gasteiger partial charge in [0.25, 0.3) is 0 Å². The third kappa shape index (κ3) is 1.73. The first kappa shape index (κ1) is 8.56. The molecule has 0 radical (unpaired) electrons. The zero-order valence-electron chi connectivity index (χ0n) is 5.34. The highest BCUT2D eigenvalue weighted by molar-refractivity contribution is 9.10. The third-order valence-electron chi connectivity index (χ3n) is 1.19. The lowest BCUT2D eigenvalue weighted by atomic mass is 10.2. The average molecular weight is 235 g/mol. The Bertz CT molecular complexity index is 299. The van der Waals surface area contributed by atoms with Gasteiger partial charge in [0, 0.05) is 10.0 Å². The van der Waals surface area contributed by atoms with Crippen molar-refractivity contribution in [2.24, 2.45) is 0 Å². The lowest BCUT2D eigenvalue weighted by Crippen LogP contribution is -1.81. The van der Waals surface area contributed by atoms with Gasteiger partial charge in [-0.2, -0.15) is 0 Å². The Morgan fingerprint density at radius 1 is 1.55 bits per heavy atom. The van der Waals surface area contributed by atoms with E-state index in [0.29, 0.717) is 16.3 Å². The van der Waals surface area contributed by atoms with Crippen molar-refractivity contribution in [2.75, 3.05) is 0 Å². The van der Waals surface area contributed by atoms with Gasteiger partial charge in [0.2, 0.25) is 0 Å². The van der Waals surface area contributed by atoms with Gasteiger partial charge in [-0.1, -0.05) is 11.6 Å². The van der Waals surface area contributed by atoms with Crippen LogP contribution in [0.4, 0.5) is 0 Å². The van der Waals surface area contributed by atoms with Crippen molar-refractivity contribution < 1.29 is 9.90 Å². The summed E-state index contributed by atoms with van der Waals surface area (Å²) in [5, 5.41) is 9.22. The van der Waals surface area contributed by atoms with E-state index in [-0.39, 0.29) is 10.8 Å². The van der Waals surface area contributed by atoms with Crippen molar-refractivity contribution in [3.8, 4) is 5.75 Å². The summed E-state index contributed by atoms with van der Waals surface area (Å²) in [4.78, 5) is 10.3. The molecule has 0 heterocycles. The molecule has 1 N–H and O–H groups in total. The molecule has 0 saturated heterocycles. The first-order chi connectivity index (χ1) is 5.15.